The third-order valence-electron chi connectivity index (χ3n) is 1.75. The summed E-state index contributed by atoms with van der Waals surface area (Å²) in [5, 5.41) is 0.0998. The maximum Gasteiger partial charge on any atom is 0.264 e. The van der Waals surface area contributed by atoms with E-state index in [1.54, 1.807) is 0 Å². The van der Waals surface area contributed by atoms with Crippen LogP contribution in [0.4, 0.5) is 14.5 Å². The first kappa shape index (κ1) is 10.9. The van der Waals surface area contributed by atoms with Gasteiger partial charge in [0, 0.05) is 21.8 Å². The van der Waals surface area contributed by atoms with Crippen molar-refractivity contribution < 1.29 is 13.6 Å². The monoisotopic (exact) mass is 219 g/mol. The predicted molar refractivity (Wildman–Crippen MR) is 50.8 cm³/mol. The molecule has 1 aromatic rings. The van der Waals surface area contributed by atoms with Crippen LogP contribution in [0.3, 0.4) is 0 Å². The number of nitrogen functional groups attached to an aromatic ring is 1. The van der Waals surface area contributed by atoms with Crippen molar-refractivity contribution in [2.75, 3.05) is 5.73 Å². The lowest BCUT2D eigenvalue weighted by molar-refractivity contribution is 0.1000. The van der Waals surface area contributed by atoms with Crippen LogP contribution in [0.2, 0.25) is 5.02 Å². The first-order valence-electron chi connectivity index (χ1n) is 3.81. The molecule has 1 rings (SSSR count). The van der Waals surface area contributed by atoms with Crippen molar-refractivity contribution >= 4 is 23.1 Å². The van der Waals surface area contributed by atoms with Crippen LogP contribution in [0.15, 0.2) is 12.1 Å². The van der Waals surface area contributed by atoms with Gasteiger partial charge in [-0.3, -0.25) is 4.79 Å². The average Bonchev–Trinajstić information content (AvgIpc) is 2.01. The Kier molecular flexibility index (Phi) is 3.06. The molecule has 0 atom stereocenters. The first-order valence-corrected chi connectivity index (χ1v) is 4.19. The molecular formula is C9H8ClF2NO. The normalized spacial score (nSPS) is 10.6. The number of halogens is 3. The van der Waals surface area contributed by atoms with Gasteiger partial charge in [0.1, 0.15) is 0 Å². The standard InChI is InChI=1S/C9H8ClF2NO/c1-4(14)8-6(9(11)12)2-5(10)3-7(8)13/h2-3,9H,13H2,1H3. The van der Waals surface area contributed by atoms with Crippen LogP contribution in [0.25, 0.3) is 0 Å². The van der Waals surface area contributed by atoms with E-state index in [0.717, 1.165) is 6.07 Å². The number of hydrogen-bond donors (Lipinski definition) is 1. The minimum Gasteiger partial charge on any atom is -0.398 e. The maximum atomic E-state index is 12.5. The number of rotatable bonds is 2. The highest BCUT2D eigenvalue weighted by molar-refractivity contribution is 6.31. The van der Waals surface area contributed by atoms with Crippen LogP contribution < -0.4 is 5.73 Å². The highest BCUT2D eigenvalue weighted by Gasteiger charge is 2.19. The molecule has 14 heavy (non-hydrogen) atoms. The van der Waals surface area contributed by atoms with Gasteiger partial charge in [-0.1, -0.05) is 11.6 Å². The van der Waals surface area contributed by atoms with Crippen molar-refractivity contribution in [3.8, 4) is 0 Å². The summed E-state index contributed by atoms with van der Waals surface area (Å²) in [5.74, 6) is -0.491. The number of benzene rings is 1. The van der Waals surface area contributed by atoms with Gasteiger partial charge in [-0.05, 0) is 19.1 Å². The Hall–Kier alpha value is -1.16. The Labute approximate surface area is 84.7 Å². The zero-order chi connectivity index (χ0) is 10.9. The van der Waals surface area contributed by atoms with Gasteiger partial charge >= 0.3 is 0 Å². The SMILES string of the molecule is CC(=O)c1c(N)cc(Cl)cc1C(F)F. The van der Waals surface area contributed by atoms with Crippen LogP contribution >= 0.6 is 11.6 Å². The largest absolute Gasteiger partial charge is 0.398 e. The van der Waals surface area contributed by atoms with E-state index < -0.39 is 17.8 Å². The van der Waals surface area contributed by atoms with E-state index in [1.165, 1.54) is 13.0 Å². The Balaban J connectivity index is 3.44. The van der Waals surface area contributed by atoms with Crippen molar-refractivity contribution in [2.45, 2.75) is 13.3 Å². The predicted octanol–water partition coefficient (Wildman–Crippen LogP) is 3.06. The van der Waals surface area contributed by atoms with Crippen molar-refractivity contribution in [1.82, 2.24) is 0 Å². The zero-order valence-electron chi connectivity index (χ0n) is 7.35. The van der Waals surface area contributed by atoms with Crippen LogP contribution in [0.5, 0.6) is 0 Å². The van der Waals surface area contributed by atoms with E-state index in [4.69, 9.17) is 17.3 Å². The minimum atomic E-state index is -2.75. The lowest BCUT2D eigenvalue weighted by Crippen LogP contribution is -2.05. The van der Waals surface area contributed by atoms with Gasteiger partial charge in [0.05, 0.1) is 0 Å². The van der Waals surface area contributed by atoms with Crippen LogP contribution in [0.1, 0.15) is 29.3 Å². The molecule has 2 nitrogen and oxygen atoms in total. The van der Waals surface area contributed by atoms with Gasteiger partial charge in [-0.25, -0.2) is 8.78 Å². The quantitative estimate of drug-likeness (QED) is 0.614. The van der Waals surface area contributed by atoms with Gasteiger partial charge in [-0.15, -0.1) is 0 Å². The van der Waals surface area contributed by atoms with E-state index in [-0.39, 0.29) is 16.3 Å². The summed E-state index contributed by atoms with van der Waals surface area (Å²) in [6.45, 7) is 1.19. The average molecular weight is 220 g/mol. The number of alkyl halides is 2. The molecule has 0 heterocycles. The number of Topliss-reactive ketones (excluding diaryl/α,β-unsaturated/α-hetero) is 1. The number of nitrogens with two attached hydrogens (primary N) is 1. The summed E-state index contributed by atoms with van der Waals surface area (Å²) in [5.41, 5.74) is 4.85. The fourth-order valence-electron chi connectivity index (χ4n) is 1.23. The molecule has 0 unspecified atom stereocenters. The molecule has 0 saturated carbocycles. The number of carbonyl (C=O) groups is 1. The fraction of sp³-hybridized carbons (Fsp3) is 0.222. The first-order chi connectivity index (χ1) is 6.43. The molecule has 0 fully saturated rings. The third kappa shape index (κ3) is 2.01. The lowest BCUT2D eigenvalue weighted by Gasteiger charge is -2.09. The molecule has 76 valence electrons. The maximum absolute atomic E-state index is 12.5. The second kappa shape index (κ2) is 3.92. The fourth-order valence-corrected chi connectivity index (χ4v) is 1.46. The van der Waals surface area contributed by atoms with Gasteiger partial charge in [0.2, 0.25) is 0 Å². The molecule has 0 aliphatic rings. The van der Waals surface area contributed by atoms with E-state index in [9.17, 15) is 13.6 Å². The van der Waals surface area contributed by atoms with E-state index in [0.29, 0.717) is 0 Å². The summed E-state index contributed by atoms with van der Waals surface area (Å²) in [6.07, 6.45) is -2.75. The summed E-state index contributed by atoms with van der Waals surface area (Å²) in [7, 11) is 0. The van der Waals surface area contributed by atoms with E-state index in [2.05, 4.69) is 0 Å². The smallest absolute Gasteiger partial charge is 0.264 e. The van der Waals surface area contributed by atoms with Gasteiger partial charge in [0.25, 0.3) is 6.43 Å². The van der Waals surface area contributed by atoms with E-state index >= 15 is 0 Å². The summed E-state index contributed by atoms with van der Waals surface area (Å²) < 4.78 is 25.0. The highest BCUT2D eigenvalue weighted by atomic mass is 35.5. The highest BCUT2D eigenvalue weighted by Crippen LogP contribution is 2.30. The van der Waals surface area contributed by atoms with Crippen LogP contribution in [0, 0.1) is 0 Å². The molecule has 0 saturated heterocycles. The van der Waals surface area contributed by atoms with Gasteiger partial charge in [-0.2, -0.15) is 0 Å². The molecule has 1 aromatic carbocycles. The number of hydrogen-bond acceptors (Lipinski definition) is 2. The Morgan fingerprint density at radius 3 is 2.50 bits per heavy atom. The van der Waals surface area contributed by atoms with E-state index in [1.807, 2.05) is 0 Å². The van der Waals surface area contributed by atoms with Crippen molar-refractivity contribution in [3.63, 3.8) is 0 Å². The molecule has 0 radical (unpaired) electrons. The number of anilines is 1. The molecular weight excluding hydrogens is 212 g/mol. The molecule has 0 aliphatic heterocycles. The van der Waals surface area contributed by atoms with Crippen molar-refractivity contribution in [1.29, 1.82) is 0 Å². The number of carbonyl (C=O) groups excluding carboxylic acids is 1. The third-order valence-corrected chi connectivity index (χ3v) is 1.97. The summed E-state index contributed by atoms with van der Waals surface area (Å²) >= 11 is 5.55. The molecule has 0 aromatic heterocycles. The molecule has 0 spiro atoms. The van der Waals surface area contributed by atoms with Crippen molar-refractivity contribution in [2.24, 2.45) is 0 Å². The molecule has 0 bridgehead atoms. The molecule has 2 N–H and O–H groups in total. The van der Waals surface area contributed by atoms with Crippen LogP contribution in [-0.4, -0.2) is 5.78 Å². The lowest BCUT2D eigenvalue weighted by atomic mass is 10.0. The summed E-state index contributed by atoms with van der Waals surface area (Å²) in [6, 6.07) is 2.34. The minimum absolute atomic E-state index is 0.0136. The molecule has 0 amide bonds. The summed E-state index contributed by atoms with van der Waals surface area (Å²) in [4.78, 5) is 11.0. The van der Waals surface area contributed by atoms with Crippen LogP contribution in [-0.2, 0) is 0 Å². The topological polar surface area (TPSA) is 43.1 Å². The van der Waals surface area contributed by atoms with Gasteiger partial charge < -0.3 is 5.73 Å². The number of ketones is 1. The molecule has 0 aliphatic carbocycles. The zero-order valence-corrected chi connectivity index (χ0v) is 8.11. The second-order valence-corrected chi connectivity index (χ2v) is 3.25. The van der Waals surface area contributed by atoms with Gasteiger partial charge in [0.15, 0.2) is 5.78 Å². The Morgan fingerprint density at radius 2 is 2.07 bits per heavy atom. The second-order valence-electron chi connectivity index (χ2n) is 2.82. The molecule has 5 heteroatoms. The van der Waals surface area contributed by atoms with Crippen molar-refractivity contribution in [3.05, 3.63) is 28.3 Å². The Bertz CT molecular complexity index is 379. The Morgan fingerprint density at radius 1 is 1.50 bits per heavy atom.